The van der Waals surface area contributed by atoms with Gasteiger partial charge in [0.15, 0.2) is 5.78 Å². The van der Waals surface area contributed by atoms with Gasteiger partial charge in [-0.05, 0) is 55.0 Å². The lowest BCUT2D eigenvalue weighted by molar-refractivity contribution is -0.110. The van der Waals surface area contributed by atoms with Gasteiger partial charge in [-0.3, -0.25) is 4.79 Å². The molecule has 0 aliphatic heterocycles. The smallest absolute Gasteiger partial charge is 0.282 e. The van der Waals surface area contributed by atoms with Gasteiger partial charge < -0.3 is 0 Å². The van der Waals surface area contributed by atoms with Crippen molar-refractivity contribution >= 4 is 33.1 Å². The molecule has 4 nitrogen and oxygen atoms in total. The van der Waals surface area contributed by atoms with Crippen LogP contribution in [0.4, 0.5) is 0 Å². The first kappa shape index (κ1) is 13.7. The average Bonchev–Trinajstić information content (AvgIpc) is 2.33. The highest BCUT2D eigenvalue weighted by Crippen LogP contribution is 2.18. The van der Waals surface area contributed by atoms with Gasteiger partial charge in [-0.2, -0.15) is 12.8 Å². The number of halogens is 1. The fourth-order valence-electron chi connectivity index (χ4n) is 1.52. The highest BCUT2D eigenvalue weighted by atomic mass is 35.5. The molecule has 0 N–H and O–H groups in total. The molecule has 0 saturated carbocycles. The van der Waals surface area contributed by atoms with Gasteiger partial charge in [0.05, 0.1) is 10.6 Å². The van der Waals surface area contributed by atoms with E-state index in [-0.39, 0.29) is 16.4 Å². The first-order chi connectivity index (χ1) is 8.88. The maximum absolute atomic E-state index is 12.1. The van der Waals surface area contributed by atoms with E-state index in [9.17, 15) is 13.2 Å². The summed E-state index contributed by atoms with van der Waals surface area (Å²) < 4.78 is 27.8. The van der Waals surface area contributed by atoms with Gasteiger partial charge in [0.1, 0.15) is 0 Å². The Bertz CT molecular complexity index is 713. The maximum Gasteiger partial charge on any atom is 0.282 e. The Kier molecular flexibility index (Phi) is 3.68. The molecule has 6 heteroatoms. The minimum Gasteiger partial charge on any atom is -0.290 e. The van der Waals surface area contributed by atoms with Crippen molar-refractivity contribution in [1.82, 2.24) is 0 Å². The number of hydrogen-bond acceptors (Lipinski definition) is 3. The highest BCUT2D eigenvalue weighted by Gasteiger charge is 2.16. The predicted molar refractivity (Wildman–Crippen MR) is 74.0 cm³/mol. The number of ketones is 1. The monoisotopic (exact) mass is 295 g/mol. The molecule has 0 unspecified atom stereocenters. The zero-order valence-electron chi connectivity index (χ0n) is 10.00. The summed E-state index contributed by atoms with van der Waals surface area (Å²) in [6.45, 7) is 1.64. The largest absolute Gasteiger partial charge is 0.290 e. The van der Waals surface area contributed by atoms with Crippen LogP contribution < -0.4 is 0 Å². The van der Waals surface area contributed by atoms with E-state index in [1.54, 1.807) is 6.92 Å². The number of sulfonamides is 1. The summed E-state index contributed by atoms with van der Waals surface area (Å²) in [5.74, 6) is -0.180. The molecule has 0 amide bonds. The van der Waals surface area contributed by atoms with Crippen LogP contribution in [0.3, 0.4) is 0 Å². The lowest BCUT2D eigenvalue weighted by Gasteiger charge is -2.06. The van der Waals surface area contributed by atoms with Crippen molar-refractivity contribution < 1.29 is 13.2 Å². The van der Waals surface area contributed by atoms with E-state index >= 15 is 0 Å². The lowest BCUT2D eigenvalue weighted by Crippen LogP contribution is -2.09. The van der Waals surface area contributed by atoms with Crippen molar-refractivity contribution in [1.29, 1.82) is 0 Å². The van der Waals surface area contributed by atoms with Crippen LogP contribution in [0.15, 0.2) is 57.4 Å². The van der Waals surface area contributed by atoms with E-state index in [0.29, 0.717) is 10.6 Å². The number of hydrogen-bond donors (Lipinski definition) is 0. The van der Waals surface area contributed by atoms with Crippen LogP contribution in [-0.2, 0) is 14.8 Å². The SMILES string of the molecule is CC1=CC(=O)C=CC1=NS(=O)(=O)c1ccc(Cl)cc1. The Morgan fingerprint density at radius 1 is 1.11 bits per heavy atom. The van der Waals surface area contributed by atoms with Gasteiger partial charge in [-0.15, -0.1) is 0 Å². The summed E-state index contributed by atoms with van der Waals surface area (Å²) in [6, 6.07) is 5.74. The molecule has 1 aromatic rings. The molecule has 0 bridgehead atoms. The van der Waals surface area contributed by atoms with Crippen LogP contribution in [-0.4, -0.2) is 19.9 Å². The standard InChI is InChI=1S/C13H10ClNO3S/c1-9-8-11(16)4-7-13(9)15-19(17,18)12-5-2-10(14)3-6-12/h2-8H,1H3. The quantitative estimate of drug-likeness (QED) is 0.788. The van der Waals surface area contributed by atoms with Crippen LogP contribution >= 0.6 is 11.6 Å². The second-order valence-electron chi connectivity index (χ2n) is 3.97. The molecule has 0 heterocycles. The highest BCUT2D eigenvalue weighted by molar-refractivity contribution is 7.90. The Morgan fingerprint density at radius 2 is 1.74 bits per heavy atom. The molecule has 0 saturated heterocycles. The van der Waals surface area contributed by atoms with Crippen LogP contribution in [0.2, 0.25) is 5.02 Å². The number of rotatable bonds is 2. The molecule has 1 aliphatic rings. The second-order valence-corrected chi connectivity index (χ2v) is 6.01. The van der Waals surface area contributed by atoms with Crippen molar-refractivity contribution in [2.24, 2.45) is 4.40 Å². The fourth-order valence-corrected chi connectivity index (χ4v) is 2.69. The molecule has 0 radical (unpaired) electrons. The molecular formula is C13H10ClNO3S. The summed E-state index contributed by atoms with van der Waals surface area (Å²) in [7, 11) is -3.80. The van der Waals surface area contributed by atoms with Crippen molar-refractivity contribution in [2.75, 3.05) is 0 Å². The fraction of sp³-hybridized carbons (Fsp3) is 0.0769. The molecule has 0 spiro atoms. The topological polar surface area (TPSA) is 63.6 Å². The first-order valence-electron chi connectivity index (χ1n) is 5.40. The summed E-state index contributed by atoms with van der Waals surface area (Å²) in [4.78, 5) is 11.2. The second kappa shape index (κ2) is 5.11. The molecule has 1 aromatic carbocycles. The summed E-state index contributed by atoms with van der Waals surface area (Å²) >= 11 is 5.70. The van der Waals surface area contributed by atoms with Crippen LogP contribution in [0.25, 0.3) is 0 Å². The number of carbonyl (C=O) groups excluding carboxylic acids is 1. The van der Waals surface area contributed by atoms with Crippen molar-refractivity contribution in [2.45, 2.75) is 11.8 Å². The molecule has 0 atom stereocenters. The molecule has 19 heavy (non-hydrogen) atoms. The summed E-state index contributed by atoms with van der Waals surface area (Å²) in [5, 5.41) is 0.450. The number of allylic oxidation sites excluding steroid dienone is 4. The van der Waals surface area contributed by atoms with Gasteiger partial charge in [0.2, 0.25) is 0 Å². The third-order valence-electron chi connectivity index (χ3n) is 2.50. The Morgan fingerprint density at radius 3 is 2.32 bits per heavy atom. The summed E-state index contributed by atoms with van der Waals surface area (Å²) in [6.07, 6.45) is 4.02. The average molecular weight is 296 g/mol. The van der Waals surface area contributed by atoms with E-state index in [2.05, 4.69) is 4.40 Å². The minimum atomic E-state index is -3.80. The molecule has 1 aliphatic carbocycles. The van der Waals surface area contributed by atoms with E-state index < -0.39 is 10.0 Å². The van der Waals surface area contributed by atoms with Gasteiger partial charge in [-0.25, -0.2) is 0 Å². The molecule has 98 valence electrons. The summed E-state index contributed by atoms with van der Waals surface area (Å²) in [5.41, 5.74) is 0.777. The van der Waals surface area contributed by atoms with Crippen LogP contribution in [0, 0.1) is 0 Å². The minimum absolute atomic E-state index is 0.0579. The van der Waals surface area contributed by atoms with Crippen molar-refractivity contribution in [3.63, 3.8) is 0 Å². The molecule has 0 fully saturated rings. The van der Waals surface area contributed by atoms with E-state index in [1.807, 2.05) is 0 Å². The number of carbonyl (C=O) groups is 1. The normalized spacial score (nSPS) is 17.7. The van der Waals surface area contributed by atoms with Gasteiger partial charge >= 0.3 is 0 Å². The van der Waals surface area contributed by atoms with Gasteiger partial charge in [0, 0.05) is 5.02 Å². The Balaban J connectivity index is 2.42. The van der Waals surface area contributed by atoms with Gasteiger partial charge in [-0.1, -0.05) is 11.6 Å². The third kappa shape index (κ3) is 3.19. The first-order valence-corrected chi connectivity index (χ1v) is 7.21. The zero-order valence-corrected chi connectivity index (χ0v) is 11.6. The Hall–Kier alpha value is -1.72. The molecule has 2 rings (SSSR count). The van der Waals surface area contributed by atoms with Gasteiger partial charge in [0.25, 0.3) is 10.0 Å². The third-order valence-corrected chi connectivity index (χ3v) is 4.06. The van der Waals surface area contributed by atoms with E-state index in [4.69, 9.17) is 11.6 Å². The lowest BCUT2D eigenvalue weighted by atomic mass is 10.1. The zero-order chi connectivity index (χ0) is 14.0. The van der Waals surface area contributed by atoms with Crippen molar-refractivity contribution in [3.05, 3.63) is 53.1 Å². The number of benzene rings is 1. The molecule has 0 aromatic heterocycles. The van der Waals surface area contributed by atoms with Crippen LogP contribution in [0.1, 0.15) is 6.92 Å². The Labute approximate surface area is 116 Å². The predicted octanol–water partition coefficient (Wildman–Crippen LogP) is 2.55. The molecular weight excluding hydrogens is 286 g/mol. The van der Waals surface area contributed by atoms with E-state index in [1.165, 1.54) is 42.5 Å². The maximum atomic E-state index is 12.1. The van der Waals surface area contributed by atoms with Crippen molar-refractivity contribution in [3.8, 4) is 0 Å². The van der Waals surface area contributed by atoms with Crippen LogP contribution in [0.5, 0.6) is 0 Å². The number of nitrogens with zero attached hydrogens (tertiary/aromatic N) is 1. The van der Waals surface area contributed by atoms with E-state index in [0.717, 1.165) is 0 Å².